The van der Waals surface area contributed by atoms with Crippen molar-refractivity contribution in [3.05, 3.63) is 11.8 Å². The third-order valence-corrected chi connectivity index (χ3v) is 4.79. The lowest BCUT2D eigenvalue weighted by atomic mass is 9.45. The summed E-state index contributed by atoms with van der Waals surface area (Å²) in [6, 6.07) is 0. The van der Waals surface area contributed by atoms with E-state index in [2.05, 4.69) is 13.8 Å². The maximum absolute atomic E-state index is 12.2. The predicted molar refractivity (Wildman–Crippen MR) is 59.9 cm³/mol. The van der Waals surface area contributed by atoms with Crippen molar-refractivity contribution in [3.8, 4) is 0 Å². The minimum Gasteiger partial charge on any atom is -0.504 e. The van der Waals surface area contributed by atoms with E-state index in [-0.39, 0.29) is 17.3 Å². The summed E-state index contributed by atoms with van der Waals surface area (Å²) in [4.78, 5) is 11.8. The highest BCUT2D eigenvalue weighted by atomic mass is 19.4. The lowest BCUT2D eigenvalue weighted by Gasteiger charge is -2.59. The van der Waals surface area contributed by atoms with Crippen molar-refractivity contribution in [2.45, 2.75) is 39.3 Å². The molecule has 0 spiro atoms. The molecular weight excluding hydrogens is 245 g/mol. The minimum atomic E-state index is -4.83. The van der Waals surface area contributed by atoms with Gasteiger partial charge in [-0.25, -0.2) is 0 Å². The summed E-state index contributed by atoms with van der Waals surface area (Å²) < 4.78 is 36.5. The fourth-order valence-corrected chi connectivity index (χ4v) is 3.48. The van der Waals surface area contributed by atoms with Crippen LogP contribution in [0.5, 0.6) is 0 Å². The molecule has 1 N–H and O–H groups in total. The SMILES string of the molecule is CC1(C)C2CCC(C(=O)/C=C(\O)C(F)(F)F)C1C2. The molecule has 3 saturated carbocycles. The number of allylic oxidation sites excluding steroid dienone is 2. The lowest BCUT2D eigenvalue weighted by molar-refractivity contribution is -0.144. The zero-order valence-electron chi connectivity index (χ0n) is 10.4. The van der Waals surface area contributed by atoms with Crippen LogP contribution in [-0.2, 0) is 4.79 Å². The number of alkyl halides is 3. The van der Waals surface area contributed by atoms with Gasteiger partial charge >= 0.3 is 6.18 Å². The van der Waals surface area contributed by atoms with E-state index in [0.717, 1.165) is 12.8 Å². The predicted octanol–water partition coefficient (Wildman–Crippen LogP) is 3.63. The third kappa shape index (κ3) is 2.04. The quantitative estimate of drug-likeness (QED) is 0.609. The van der Waals surface area contributed by atoms with Crippen molar-refractivity contribution in [3.63, 3.8) is 0 Å². The van der Waals surface area contributed by atoms with Gasteiger partial charge in [-0.2, -0.15) is 13.2 Å². The van der Waals surface area contributed by atoms with Gasteiger partial charge in [-0.1, -0.05) is 13.8 Å². The van der Waals surface area contributed by atoms with E-state index in [1.807, 2.05) is 0 Å². The number of ketones is 1. The van der Waals surface area contributed by atoms with E-state index >= 15 is 0 Å². The second-order valence-electron chi connectivity index (χ2n) is 5.97. The lowest BCUT2D eigenvalue weighted by Crippen LogP contribution is -2.54. The van der Waals surface area contributed by atoms with Crippen molar-refractivity contribution >= 4 is 5.78 Å². The normalized spacial score (nSPS) is 34.9. The van der Waals surface area contributed by atoms with Crippen LogP contribution in [0.3, 0.4) is 0 Å². The summed E-state index contributed by atoms with van der Waals surface area (Å²) in [7, 11) is 0. The fraction of sp³-hybridized carbons (Fsp3) is 0.769. The highest BCUT2D eigenvalue weighted by molar-refractivity contribution is 5.92. The minimum absolute atomic E-state index is 0.0419. The molecule has 0 aliphatic heterocycles. The maximum Gasteiger partial charge on any atom is 0.448 e. The first-order valence-electron chi connectivity index (χ1n) is 6.15. The zero-order valence-corrected chi connectivity index (χ0v) is 10.4. The number of carbonyl (C=O) groups is 1. The number of aliphatic hydroxyl groups is 1. The van der Waals surface area contributed by atoms with Gasteiger partial charge in [0.1, 0.15) is 0 Å². The van der Waals surface area contributed by atoms with Gasteiger partial charge in [0, 0.05) is 12.0 Å². The summed E-state index contributed by atoms with van der Waals surface area (Å²) in [5, 5.41) is 8.83. The molecule has 3 unspecified atom stereocenters. The number of rotatable bonds is 2. The number of carbonyl (C=O) groups excluding carboxylic acids is 1. The molecule has 3 fully saturated rings. The van der Waals surface area contributed by atoms with Crippen LogP contribution in [0.15, 0.2) is 11.8 Å². The summed E-state index contributed by atoms with van der Waals surface area (Å²) in [6.07, 6.45) is -2.02. The molecule has 0 aromatic rings. The van der Waals surface area contributed by atoms with Gasteiger partial charge in [0.2, 0.25) is 5.76 Å². The number of halogens is 3. The molecule has 0 aromatic heterocycles. The molecule has 3 aliphatic carbocycles. The molecule has 18 heavy (non-hydrogen) atoms. The van der Waals surface area contributed by atoms with Gasteiger partial charge in [-0.05, 0) is 36.5 Å². The third-order valence-electron chi connectivity index (χ3n) is 4.79. The molecule has 3 rings (SSSR count). The molecule has 0 heterocycles. The maximum atomic E-state index is 12.2. The van der Waals surface area contributed by atoms with E-state index in [4.69, 9.17) is 5.11 Å². The van der Waals surface area contributed by atoms with Crippen molar-refractivity contribution < 1.29 is 23.1 Å². The number of fused-ring (bicyclic) bond motifs is 2. The highest BCUT2D eigenvalue weighted by Crippen LogP contribution is 2.61. The van der Waals surface area contributed by atoms with Gasteiger partial charge in [-0.15, -0.1) is 0 Å². The summed E-state index contributed by atoms with van der Waals surface area (Å²) in [5.74, 6) is -1.99. The molecule has 3 aliphatic rings. The van der Waals surface area contributed by atoms with Crippen LogP contribution in [0.25, 0.3) is 0 Å². The smallest absolute Gasteiger partial charge is 0.448 e. The Morgan fingerprint density at radius 1 is 1.33 bits per heavy atom. The Morgan fingerprint density at radius 3 is 2.39 bits per heavy atom. The van der Waals surface area contributed by atoms with Crippen molar-refractivity contribution in [1.82, 2.24) is 0 Å². The molecular formula is C13H17F3O2. The number of hydrogen-bond acceptors (Lipinski definition) is 2. The van der Waals surface area contributed by atoms with Crippen LogP contribution in [0.2, 0.25) is 0 Å². The molecule has 0 aromatic carbocycles. The Labute approximate surface area is 104 Å². The first-order valence-corrected chi connectivity index (χ1v) is 6.15. The second kappa shape index (κ2) is 4.00. The topological polar surface area (TPSA) is 37.3 Å². The Kier molecular flexibility index (Phi) is 2.98. The van der Waals surface area contributed by atoms with E-state index < -0.39 is 17.7 Å². The van der Waals surface area contributed by atoms with Crippen molar-refractivity contribution in [2.75, 3.05) is 0 Å². The van der Waals surface area contributed by atoms with Gasteiger partial charge in [0.05, 0.1) is 0 Å². The molecule has 0 radical (unpaired) electrons. The standard InChI is InChI=1S/C13H17F3O2/c1-12(2)7-3-4-8(9(12)5-7)10(17)6-11(18)13(14,15)16/h6-9,18H,3-5H2,1-2H3/b11-6-. The molecule has 0 amide bonds. The molecule has 2 bridgehead atoms. The Balaban J connectivity index is 2.11. The average molecular weight is 262 g/mol. The Bertz CT molecular complexity index is 394. The van der Waals surface area contributed by atoms with Gasteiger partial charge in [0.25, 0.3) is 0 Å². The van der Waals surface area contributed by atoms with Crippen LogP contribution in [-0.4, -0.2) is 17.1 Å². The Hall–Kier alpha value is -1.00. The van der Waals surface area contributed by atoms with Crippen LogP contribution in [0.1, 0.15) is 33.1 Å². The first kappa shape index (κ1) is 13.4. The zero-order chi connectivity index (χ0) is 13.7. The van der Waals surface area contributed by atoms with E-state index in [9.17, 15) is 18.0 Å². The number of aliphatic hydroxyl groups excluding tert-OH is 1. The van der Waals surface area contributed by atoms with Crippen LogP contribution >= 0.6 is 0 Å². The highest BCUT2D eigenvalue weighted by Gasteiger charge is 2.55. The van der Waals surface area contributed by atoms with Crippen LogP contribution in [0.4, 0.5) is 13.2 Å². The van der Waals surface area contributed by atoms with Gasteiger partial charge < -0.3 is 5.11 Å². The molecule has 5 heteroatoms. The van der Waals surface area contributed by atoms with E-state index in [1.54, 1.807) is 0 Å². The molecule has 2 nitrogen and oxygen atoms in total. The summed E-state index contributed by atoms with van der Waals surface area (Å²) >= 11 is 0. The van der Waals surface area contributed by atoms with Crippen molar-refractivity contribution in [1.29, 1.82) is 0 Å². The average Bonchev–Trinajstić information content (AvgIpc) is 2.27. The fourth-order valence-electron chi connectivity index (χ4n) is 3.48. The van der Waals surface area contributed by atoms with Crippen molar-refractivity contribution in [2.24, 2.45) is 23.2 Å². The largest absolute Gasteiger partial charge is 0.504 e. The summed E-state index contributed by atoms with van der Waals surface area (Å²) in [5.41, 5.74) is 0.0419. The summed E-state index contributed by atoms with van der Waals surface area (Å²) in [6.45, 7) is 4.14. The van der Waals surface area contributed by atoms with E-state index in [1.165, 1.54) is 0 Å². The van der Waals surface area contributed by atoms with E-state index in [0.29, 0.717) is 18.4 Å². The number of hydrogen-bond donors (Lipinski definition) is 1. The van der Waals surface area contributed by atoms with Gasteiger partial charge in [-0.3, -0.25) is 4.79 Å². The van der Waals surface area contributed by atoms with Crippen LogP contribution in [0, 0.1) is 23.2 Å². The molecule has 3 atom stereocenters. The van der Waals surface area contributed by atoms with Gasteiger partial charge in [0.15, 0.2) is 5.78 Å². The first-order chi connectivity index (χ1) is 8.14. The monoisotopic (exact) mass is 262 g/mol. The molecule has 0 saturated heterocycles. The second-order valence-corrected chi connectivity index (χ2v) is 5.97. The Morgan fingerprint density at radius 2 is 1.94 bits per heavy atom. The van der Waals surface area contributed by atoms with Crippen LogP contribution < -0.4 is 0 Å². The molecule has 102 valence electrons.